The van der Waals surface area contributed by atoms with Gasteiger partial charge in [0.1, 0.15) is 23.2 Å². The van der Waals surface area contributed by atoms with Crippen molar-refractivity contribution in [2.45, 2.75) is 13.0 Å². The topological polar surface area (TPSA) is 52.0 Å². The fraction of sp³-hybridized carbons (Fsp3) is 0.133. The molecule has 0 aliphatic heterocycles. The summed E-state index contributed by atoms with van der Waals surface area (Å²) < 4.78 is 18.9. The lowest BCUT2D eigenvalue weighted by Crippen LogP contribution is -2.13. The number of aryl methyl sites for hydroxylation is 1. The summed E-state index contributed by atoms with van der Waals surface area (Å²) in [7, 11) is 0. The number of furan rings is 1. The largest absolute Gasteiger partial charge is 0.459 e. The van der Waals surface area contributed by atoms with E-state index in [1.807, 2.05) is 25.1 Å². The molecule has 1 unspecified atom stereocenters. The Morgan fingerprint density at radius 1 is 1.26 bits per heavy atom. The van der Waals surface area contributed by atoms with E-state index in [9.17, 15) is 4.39 Å². The minimum absolute atomic E-state index is 0.320. The van der Waals surface area contributed by atoms with Crippen LogP contribution < -0.4 is 5.73 Å². The lowest BCUT2D eigenvalue weighted by molar-refractivity contribution is 0.514. The smallest absolute Gasteiger partial charge is 0.137 e. The van der Waals surface area contributed by atoms with Crippen LogP contribution in [0.5, 0.6) is 0 Å². The number of nitrogens with zero attached hydrogens (tertiary/aromatic N) is 1. The van der Waals surface area contributed by atoms with Gasteiger partial charge in [0, 0.05) is 23.2 Å². The van der Waals surface area contributed by atoms with Gasteiger partial charge in [-0.3, -0.25) is 4.98 Å². The maximum Gasteiger partial charge on any atom is 0.137 e. The highest BCUT2D eigenvalue weighted by Gasteiger charge is 2.19. The van der Waals surface area contributed by atoms with Crippen LogP contribution >= 0.6 is 0 Å². The third-order valence-electron chi connectivity index (χ3n) is 3.23. The molecule has 0 saturated carbocycles. The van der Waals surface area contributed by atoms with Crippen LogP contribution in [0.1, 0.15) is 23.1 Å². The van der Waals surface area contributed by atoms with E-state index in [2.05, 4.69) is 4.98 Å². The minimum Gasteiger partial charge on any atom is -0.459 e. The predicted molar refractivity (Wildman–Crippen MR) is 71.2 cm³/mol. The number of hydrogen-bond acceptors (Lipinski definition) is 3. The predicted octanol–water partition coefficient (Wildman–Crippen LogP) is 3.32. The summed E-state index contributed by atoms with van der Waals surface area (Å²) in [4.78, 5) is 4.22. The van der Waals surface area contributed by atoms with E-state index < -0.39 is 6.04 Å². The molecule has 19 heavy (non-hydrogen) atoms. The minimum atomic E-state index is -0.448. The number of benzene rings is 1. The van der Waals surface area contributed by atoms with Gasteiger partial charge in [-0.05, 0) is 31.2 Å². The molecule has 0 fully saturated rings. The van der Waals surface area contributed by atoms with Crippen LogP contribution in [0.2, 0.25) is 0 Å². The molecule has 2 heterocycles. The molecule has 0 saturated heterocycles. The van der Waals surface area contributed by atoms with Gasteiger partial charge in [0.05, 0.1) is 5.69 Å². The van der Waals surface area contributed by atoms with Gasteiger partial charge in [-0.25, -0.2) is 4.39 Å². The first-order valence-corrected chi connectivity index (χ1v) is 6.02. The van der Waals surface area contributed by atoms with Crippen LogP contribution in [0.3, 0.4) is 0 Å². The zero-order chi connectivity index (χ0) is 13.4. The molecule has 1 atom stereocenters. The van der Waals surface area contributed by atoms with Gasteiger partial charge in [0.25, 0.3) is 0 Å². The Balaban J connectivity index is 2.13. The van der Waals surface area contributed by atoms with Crippen LogP contribution in [0.25, 0.3) is 11.0 Å². The number of aromatic nitrogens is 1. The first kappa shape index (κ1) is 11.9. The number of rotatable bonds is 2. The lowest BCUT2D eigenvalue weighted by atomic mass is 10.1. The molecule has 3 aromatic rings. The third kappa shape index (κ3) is 2.00. The molecular formula is C15H13FN2O. The van der Waals surface area contributed by atoms with Gasteiger partial charge in [-0.1, -0.05) is 6.07 Å². The van der Waals surface area contributed by atoms with Crippen molar-refractivity contribution in [1.82, 2.24) is 4.98 Å². The molecule has 4 heteroatoms. The van der Waals surface area contributed by atoms with Crippen LogP contribution in [0.15, 0.2) is 47.0 Å². The Morgan fingerprint density at radius 2 is 2.11 bits per heavy atom. The maximum atomic E-state index is 13.2. The zero-order valence-electron chi connectivity index (χ0n) is 10.4. The van der Waals surface area contributed by atoms with Crippen LogP contribution in [-0.2, 0) is 0 Å². The van der Waals surface area contributed by atoms with Crippen LogP contribution in [0, 0.1) is 12.7 Å². The normalized spacial score (nSPS) is 12.8. The number of pyridine rings is 1. The van der Waals surface area contributed by atoms with E-state index >= 15 is 0 Å². The van der Waals surface area contributed by atoms with Gasteiger partial charge in [-0.15, -0.1) is 0 Å². The van der Waals surface area contributed by atoms with Crippen molar-refractivity contribution >= 4 is 11.0 Å². The van der Waals surface area contributed by atoms with E-state index in [-0.39, 0.29) is 5.82 Å². The van der Waals surface area contributed by atoms with E-state index in [1.165, 1.54) is 12.1 Å². The van der Waals surface area contributed by atoms with Crippen molar-refractivity contribution in [3.63, 3.8) is 0 Å². The summed E-state index contributed by atoms with van der Waals surface area (Å²) in [5, 5.41) is 0.878. The van der Waals surface area contributed by atoms with Crippen molar-refractivity contribution in [3.05, 3.63) is 65.4 Å². The first-order valence-electron chi connectivity index (χ1n) is 6.02. The summed E-state index contributed by atoms with van der Waals surface area (Å²) in [6.07, 6.45) is 1.69. The highest BCUT2D eigenvalue weighted by atomic mass is 19.1. The number of halogens is 1. The SMILES string of the molecule is Cc1c(C(N)c2ccccn2)oc2cc(F)ccc12. The number of nitrogens with two attached hydrogens (primary N) is 1. The average molecular weight is 256 g/mol. The molecule has 2 aromatic heterocycles. The Kier molecular flexibility index (Phi) is 2.80. The number of fused-ring (bicyclic) bond motifs is 1. The molecule has 2 N–H and O–H groups in total. The second kappa shape index (κ2) is 4.48. The quantitative estimate of drug-likeness (QED) is 0.765. The summed E-state index contributed by atoms with van der Waals surface area (Å²) in [6.45, 7) is 1.92. The van der Waals surface area contributed by atoms with Crippen molar-refractivity contribution in [1.29, 1.82) is 0 Å². The molecule has 3 rings (SSSR count). The van der Waals surface area contributed by atoms with Crippen molar-refractivity contribution in [2.75, 3.05) is 0 Å². The molecule has 1 aromatic carbocycles. The second-order valence-corrected chi connectivity index (χ2v) is 4.46. The zero-order valence-corrected chi connectivity index (χ0v) is 10.4. The summed E-state index contributed by atoms with van der Waals surface area (Å²) >= 11 is 0. The Morgan fingerprint density at radius 3 is 2.84 bits per heavy atom. The molecule has 0 bridgehead atoms. The van der Waals surface area contributed by atoms with Gasteiger partial charge in [-0.2, -0.15) is 0 Å². The van der Waals surface area contributed by atoms with E-state index in [4.69, 9.17) is 10.2 Å². The van der Waals surface area contributed by atoms with Crippen LogP contribution in [0.4, 0.5) is 4.39 Å². The molecule has 0 spiro atoms. The average Bonchev–Trinajstić information content (AvgIpc) is 2.75. The lowest BCUT2D eigenvalue weighted by Gasteiger charge is -2.08. The Hall–Kier alpha value is -2.20. The Bertz CT molecular complexity index is 722. The maximum absolute atomic E-state index is 13.2. The molecule has 0 aliphatic rings. The van der Waals surface area contributed by atoms with E-state index in [0.29, 0.717) is 11.3 Å². The molecular weight excluding hydrogens is 243 g/mol. The highest BCUT2D eigenvalue weighted by molar-refractivity contribution is 5.82. The molecule has 3 nitrogen and oxygen atoms in total. The van der Waals surface area contributed by atoms with Crippen molar-refractivity contribution in [3.8, 4) is 0 Å². The van der Waals surface area contributed by atoms with Gasteiger partial charge < -0.3 is 10.2 Å². The third-order valence-corrected chi connectivity index (χ3v) is 3.23. The molecule has 96 valence electrons. The summed E-state index contributed by atoms with van der Waals surface area (Å²) in [5.74, 6) is 0.304. The van der Waals surface area contributed by atoms with Crippen LogP contribution in [-0.4, -0.2) is 4.98 Å². The fourth-order valence-electron chi connectivity index (χ4n) is 2.21. The fourth-order valence-corrected chi connectivity index (χ4v) is 2.21. The molecule has 0 aliphatic carbocycles. The van der Waals surface area contributed by atoms with E-state index in [0.717, 1.165) is 16.6 Å². The molecule has 0 radical (unpaired) electrons. The summed E-state index contributed by atoms with van der Waals surface area (Å²) in [5.41, 5.74) is 8.33. The highest BCUT2D eigenvalue weighted by Crippen LogP contribution is 2.31. The van der Waals surface area contributed by atoms with Gasteiger partial charge in [0.15, 0.2) is 0 Å². The molecule has 0 amide bonds. The standard InChI is InChI=1S/C15H13FN2O/c1-9-11-6-5-10(16)8-13(11)19-15(9)14(17)12-4-2-3-7-18-12/h2-8,14H,17H2,1H3. The van der Waals surface area contributed by atoms with Gasteiger partial charge >= 0.3 is 0 Å². The monoisotopic (exact) mass is 256 g/mol. The number of hydrogen-bond donors (Lipinski definition) is 1. The summed E-state index contributed by atoms with van der Waals surface area (Å²) in [6, 6.07) is 9.60. The first-order chi connectivity index (χ1) is 9.16. The van der Waals surface area contributed by atoms with E-state index in [1.54, 1.807) is 12.3 Å². The van der Waals surface area contributed by atoms with Crippen molar-refractivity contribution in [2.24, 2.45) is 5.73 Å². The second-order valence-electron chi connectivity index (χ2n) is 4.46. The van der Waals surface area contributed by atoms with Crippen molar-refractivity contribution < 1.29 is 8.81 Å². The Labute approximate surface area is 109 Å². The van der Waals surface area contributed by atoms with Gasteiger partial charge in [0.2, 0.25) is 0 Å².